The van der Waals surface area contributed by atoms with Gasteiger partial charge in [0.1, 0.15) is 5.37 Å². The number of hydrogen-bond donors (Lipinski definition) is 2. The maximum atomic E-state index is 12.9. The van der Waals surface area contributed by atoms with Gasteiger partial charge in [0.25, 0.3) is 10.0 Å². The van der Waals surface area contributed by atoms with Crippen molar-refractivity contribution in [3.8, 4) is 0 Å². The number of hydrogen-bond acceptors (Lipinski definition) is 4. The van der Waals surface area contributed by atoms with E-state index in [0.29, 0.717) is 23.6 Å². The molecule has 176 valence electrons. The predicted octanol–water partition coefficient (Wildman–Crippen LogP) is 5.41. The van der Waals surface area contributed by atoms with Gasteiger partial charge < -0.3 is 5.32 Å². The van der Waals surface area contributed by atoms with Gasteiger partial charge in [0.15, 0.2) is 0 Å². The van der Waals surface area contributed by atoms with Gasteiger partial charge in [-0.05, 0) is 60.9 Å². The topological polar surface area (TPSA) is 78.5 Å². The maximum absolute atomic E-state index is 12.9. The fraction of sp³-hybridized carbons (Fsp3) is 0.650. The number of carbonyl (C=O) groups excluding carboxylic acids is 1. The first-order valence-electron chi connectivity index (χ1n) is 10.2. The molecular formula is C20H29ClF3N3O3S. The molecule has 2 rings (SSSR count). The average Bonchev–Trinajstić information content (AvgIpc) is 2.60. The summed E-state index contributed by atoms with van der Waals surface area (Å²) in [5, 5.41) is 1.67. The van der Waals surface area contributed by atoms with Crippen LogP contribution in [0.3, 0.4) is 0 Å². The van der Waals surface area contributed by atoms with Gasteiger partial charge in [-0.25, -0.2) is 17.9 Å². The number of halogens is 4. The number of alkyl halides is 3. The van der Waals surface area contributed by atoms with E-state index in [0.717, 1.165) is 16.0 Å². The first-order valence-corrected chi connectivity index (χ1v) is 12.1. The number of anilines is 1. The fourth-order valence-electron chi connectivity index (χ4n) is 3.76. The van der Waals surface area contributed by atoms with E-state index < -0.39 is 34.1 Å². The minimum Gasteiger partial charge on any atom is -0.307 e. The van der Waals surface area contributed by atoms with Crippen molar-refractivity contribution in [2.45, 2.75) is 70.3 Å². The maximum Gasteiger partial charge on any atom is 0.401 e. The number of benzene rings is 1. The van der Waals surface area contributed by atoms with Crippen LogP contribution in [0.25, 0.3) is 0 Å². The van der Waals surface area contributed by atoms with Crippen LogP contribution in [0.15, 0.2) is 12.1 Å². The van der Waals surface area contributed by atoms with Gasteiger partial charge in [-0.2, -0.15) is 13.2 Å². The standard InChI is InChI=1S/C20H29ClF3N3O3S/c1-12(2)15-9-14(21)10-16(13(3)4)18(15)25-19(28)26-31(29,30)17-7-5-6-8-27(17)11-20(22,23)24/h9-10,12-13,17H,5-8,11H2,1-4H3,(H2,25,26,28). The van der Waals surface area contributed by atoms with E-state index in [-0.39, 0.29) is 24.8 Å². The normalized spacial score (nSPS) is 18.5. The summed E-state index contributed by atoms with van der Waals surface area (Å²) in [5.41, 5.74) is 1.93. The van der Waals surface area contributed by atoms with Crippen molar-refractivity contribution in [1.82, 2.24) is 9.62 Å². The minimum absolute atomic E-state index is 0.00111. The first-order chi connectivity index (χ1) is 14.2. The summed E-state index contributed by atoms with van der Waals surface area (Å²) in [6.07, 6.45) is -3.58. The second-order valence-corrected chi connectivity index (χ2v) is 10.7. The second kappa shape index (κ2) is 9.95. The monoisotopic (exact) mass is 483 g/mol. The van der Waals surface area contributed by atoms with Crippen molar-refractivity contribution in [2.24, 2.45) is 0 Å². The van der Waals surface area contributed by atoms with Gasteiger partial charge in [0.2, 0.25) is 0 Å². The van der Waals surface area contributed by atoms with E-state index >= 15 is 0 Å². The van der Waals surface area contributed by atoms with Gasteiger partial charge >= 0.3 is 12.2 Å². The summed E-state index contributed by atoms with van der Waals surface area (Å²) in [6, 6.07) is 2.40. The number of urea groups is 1. The van der Waals surface area contributed by atoms with E-state index in [1.54, 1.807) is 12.1 Å². The lowest BCUT2D eigenvalue weighted by molar-refractivity contribution is -0.149. The van der Waals surface area contributed by atoms with Crippen LogP contribution in [0.1, 0.15) is 69.9 Å². The van der Waals surface area contributed by atoms with Crippen LogP contribution in [-0.4, -0.2) is 44.0 Å². The first kappa shape index (κ1) is 25.7. The van der Waals surface area contributed by atoms with Crippen LogP contribution in [0.4, 0.5) is 23.7 Å². The van der Waals surface area contributed by atoms with Gasteiger partial charge in [0, 0.05) is 10.7 Å². The molecule has 0 bridgehead atoms. The number of carbonyl (C=O) groups is 1. The highest BCUT2D eigenvalue weighted by Crippen LogP contribution is 2.35. The number of piperidine rings is 1. The van der Waals surface area contributed by atoms with Gasteiger partial charge in [0.05, 0.1) is 6.54 Å². The Hall–Kier alpha value is -1.52. The molecule has 0 aromatic heterocycles. The number of nitrogens with zero attached hydrogens (tertiary/aromatic N) is 1. The molecule has 1 aromatic carbocycles. The molecule has 1 heterocycles. The summed E-state index contributed by atoms with van der Waals surface area (Å²) >= 11 is 6.20. The largest absolute Gasteiger partial charge is 0.401 e. The lowest BCUT2D eigenvalue weighted by atomic mass is 9.92. The smallest absolute Gasteiger partial charge is 0.307 e. The van der Waals surface area contributed by atoms with Crippen molar-refractivity contribution in [3.63, 3.8) is 0 Å². The Morgan fingerprint density at radius 1 is 1.16 bits per heavy atom. The van der Waals surface area contributed by atoms with E-state index in [9.17, 15) is 26.4 Å². The van der Waals surface area contributed by atoms with Crippen LogP contribution in [0.5, 0.6) is 0 Å². The summed E-state index contributed by atoms with van der Waals surface area (Å²) in [5.74, 6) is -0.0209. The Morgan fingerprint density at radius 2 is 1.71 bits per heavy atom. The van der Waals surface area contributed by atoms with Crippen molar-refractivity contribution < 1.29 is 26.4 Å². The lowest BCUT2D eigenvalue weighted by Crippen LogP contribution is -2.53. The zero-order valence-corrected chi connectivity index (χ0v) is 19.6. The average molecular weight is 484 g/mol. The number of sulfonamides is 1. The SMILES string of the molecule is CC(C)c1cc(Cl)cc(C(C)C)c1NC(=O)NS(=O)(=O)C1CCCCN1CC(F)(F)F. The van der Waals surface area contributed by atoms with E-state index in [1.807, 2.05) is 32.4 Å². The van der Waals surface area contributed by atoms with Crippen LogP contribution in [0.2, 0.25) is 5.02 Å². The molecule has 6 nitrogen and oxygen atoms in total. The van der Waals surface area contributed by atoms with Crippen LogP contribution >= 0.6 is 11.6 Å². The molecule has 1 aliphatic rings. The van der Waals surface area contributed by atoms with Crippen LogP contribution in [-0.2, 0) is 10.0 Å². The molecular weight excluding hydrogens is 455 g/mol. The van der Waals surface area contributed by atoms with Crippen LogP contribution < -0.4 is 10.0 Å². The summed E-state index contributed by atoms with van der Waals surface area (Å²) in [6.45, 7) is 6.30. The number of nitrogens with one attached hydrogen (secondary N) is 2. The Bertz CT molecular complexity index is 876. The number of likely N-dealkylation sites (tertiary alicyclic amines) is 1. The number of rotatable bonds is 6. The Kier molecular flexibility index (Phi) is 8.27. The van der Waals surface area contributed by atoms with E-state index in [4.69, 9.17) is 11.6 Å². The fourth-order valence-corrected chi connectivity index (χ4v) is 5.49. The molecule has 1 aromatic rings. The van der Waals surface area contributed by atoms with Gasteiger partial charge in [-0.15, -0.1) is 0 Å². The molecule has 0 radical (unpaired) electrons. The molecule has 0 saturated carbocycles. The molecule has 1 atom stereocenters. The van der Waals surface area contributed by atoms with Crippen LogP contribution in [0, 0.1) is 0 Å². The lowest BCUT2D eigenvalue weighted by Gasteiger charge is -2.35. The molecule has 11 heteroatoms. The highest BCUT2D eigenvalue weighted by molar-refractivity contribution is 7.90. The van der Waals surface area contributed by atoms with E-state index in [2.05, 4.69) is 5.32 Å². The third-order valence-corrected chi connectivity index (χ3v) is 7.11. The molecule has 0 aliphatic carbocycles. The van der Waals surface area contributed by atoms with Crippen molar-refractivity contribution in [3.05, 3.63) is 28.3 Å². The molecule has 1 unspecified atom stereocenters. The third-order valence-electron chi connectivity index (χ3n) is 5.18. The van der Waals surface area contributed by atoms with Crippen molar-refractivity contribution >= 4 is 33.3 Å². The molecule has 1 aliphatic heterocycles. The Morgan fingerprint density at radius 3 is 2.19 bits per heavy atom. The molecule has 0 spiro atoms. The second-order valence-electron chi connectivity index (χ2n) is 8.41. The molecule has 1 fully saturated rings. The summed E-state index contributed by atoms with van der Waals surface area (Å²) < 4.78 is 66.1. The Labute approximate surface area is 186 Å². The third kappa shape index (κ3) is 6.98. The van der Waals surface area contributed by atoms with Crippen molar-refractivity contribution in [2.75, 3.05) is 18.4 Å². The molecule has 2 N–H and O–H groups in total. The Balaban J connectivity index is 2.27. The van der Waals surface area contributed by atoms with Gasteiger partial charge in [-0.1, -0.05) is 39.3 Å². The van der Waals surface area contributed by atoms with E-state index in [1.165, 1.54) is 0 Å². The predicted molar refractivity (Wildman–Crippen MR) is 116 cm³/mol. The molecule has 1 saturated heterocycles. The molecule has 31 heavy (non-hydrogen) atoms. The highest BCUT2D eigenvalue weighted by atomic mass is 35.5. The zero-order chi connectivity index (χ0) is 23.6. The quantitative estimate of drug-likeness (QED) is 0.567. The van der Waals surface area contributed by atoms with Gasteiger partial charge in [-0.3, -0.25) is 4.90 Å². The summed E-state index contributed by atoms with van der Waals surface area (Å²) in [7, 11) is -4.36. The summed E-state index contributed by atoms with van der Waals surface area (Å²) in [4.78, 5) is 13.5. The number of amides is 2. The highest BCUT2D eigenvalue weighted by Gasteiger charge is 2.41. The zero-order valence-electron chi connectivity index (χ0n) is 18.0. The minimum atomic E-state index is -4.53. The van der Waals surface area contributed by atoms with Crippen molar-refractivity contribution in [1.29, 1.82) is 0 Å². The molecule has 2 amide bonds.